The molecule has 5 heteroatoms. The quantitative estimate of drug-likeness (QED) is 0.739. The molecule has 0 N–H and O–H groups in total. The molecule has 1 amide bonds. The van der Waals surface area contributed by atoms with Crippen molar-refractivity contribution in [3.8, 4) is 0 Å². The van der Waals surface area contributed by atoms with E-state index in [0.717, 1.165) is 23.1 Å². The van der Waals surface area contributed by atoms with Gasteiger partial charge in [0.1, 0.15) is 0 Å². The molecule has 0 aliphatic carbocycles. The van der Waals surface area contributed by atoms with Gasteiger partial charge < -0.3 is 14.2 Å². The predicted molar refractivity (Wildman–Crippen MR) is 96.3 cm³/mol. The van der Waals surface area contributed by atoms with Crippen molar-refractivity contribution in [3.63, 3.8) is 0 Å². The highest BCUT2D eigenvalue weighted by molar-refractivity contribution is 5.97. The van der Waals surface area contributed by atoms with Crippen molar-refractivity contribution in [2.75, 3.05) is 13.2 Å². The van der Waals surface area contributed by atoms with E-state index in [4.69, 9.17) is 4.74 Å². The summed E-state index contributed by atoms with van der Waals surface area (Å²) in [6.07, 6.45) is 3.72. The van der Waals surface area contributed by atoms with Gasteiger partial charge in [-0.25, -0.2) is 0 Å². The number of carbonyl (C=O) groups is 1. The first-order valence-corrected chi connectivity index (χ1v) is 8.64. The smallest absolute Gasteiger partial charge is 0.255 e. The number of benzene rings is 1. The average molecular weight is 335 g/mol. The number of ether oxygens (including phenoxy) is 1. The average Bonchev–Trinajstić information content (AvgIpc) is 2.99. The summed E-state index contributed by atoms with van der Waals surface area (Å²) in [6, 6.07) is 13.8. The van der Waals surface area contributed by atoms with Gasteiger partial charge in [-0.1, -0.05) is 18.2 Å². The number of hydrogen-bond donors (Lipinski definition) is 0. The van der Waals surface area contributed by atoms with Crippen molar-refractivity contribution in [1.82, 2.24) is 14.5 Å². The van der Waals surface area contributed by atoms with E-state index in [9.17, 15) is 4.79 Å². The fraction of sp³-hybridized carbons (Fsp3) is 0.300. The van der Waals surface area contributed by atoms with Crippen LogP contribution in [0, 0.1) is 0 Å². The summed E-state index contributed by atoms with van der Waals surface area (Å²) in [5.74, 6) is -0.00222. The Morgan fingerprint density at radius 1 is 1.24 bits per heavy atom. The zero-order chi connectivity index (χ0) is 17.2. The Morgan fingerprint density at radius 3 is 3.00 bits per heavy atom. The molecule has 1 aliphatic rings. The van der Waals surface area contributed by atoms with E-state index < -0.39 is 0 Å². The number of para-hydroxylation sites is 1. The van der Waals surface area contributed by atoms with Crippen LogP contribution >= 0.6 is 0 Å². The molecule has 0 bridgehead atoms. The van der Waals surface area contributed by atoms with Crippen LogP contribution in [0.5, 0.6) is 0 Å². The van der Waals surface area contributed by atoms with Gasteiger partial charge in [0.15, 0.2) is 0 Å². The maximum absolute atomic E-state index is 13.1. The zero-order valence-corrected chi connectivity index (χ0v) is 14.3. The Kier molecular flexibility index (Phi) is 4.24. The molecular weight excluding hydrogens is 314 g/mol. The van der Waals surface area contributed by atoms with Crippen LogP contribution in [-0.2, 0) is 17.8 Å². The van der Waals surface area contributed by atoms with Gasteiger partial charge in [0.2, 0.25) is 0 Å². The van der Waals surface area contributed by atoms with Crippen LogP contribution < -0.4 is 0 Å². The fourth-order valence-corrected chi connectivity index (χ4v) is 3.42. The molecule has 0 fully saturated rings. The Labute approximate surface area is 146 Å². The second-order valence-corrected chi connectivity index (χ2v) is 6.33. The van der Waals surface area contributed by atoms with Gasteiger partial charge in [-0.05, 0) is 31.2 Å². The highest BCUT2D eigenvalue weighted by Crippen LogP contribution is 2.19. The predicted octanol–water partition coefficient (Wildman–Crippen LogP) is 3.10. The van der Waals surface area contributed by atoms with Crippen molar-refractivity contribution in [2.45, 2.75) is 26.1 Å². The number of fused-ring (bicyclic) bond motifs is 2. The minimum Gasteiger partial charge on any atom is -0.375 e. The molecule has 1 aromatic carbocycles. The SMILES string of the molecule is CCO[C@@H]1CN(C(=O)c2cnc3ccccc3c2)Cc2cccn2C1. The Bertz CT molecular complexity index is 903. The number of rotatable bonds is 3. The van der Waals surface area contributed by atoms with Crippen LogP contribution in [-0.4, -0.2) is 39.6 Å². The lowest BCUT2D eigenvalue weighted by Crippen LogP contribution is -2.37. The summed E-state index contributed by atoms with van der Waals surface area (Å²) in [5.41, 5.74) is 2.65. The van der Waals surface area contributed by atoms with Crippen molar-refractivity contribution in [2.24, 2.45) is 0 Å². The van der Waals surface area contributed by atoms with E-state index in [0.29, 0.717) is 25.3 Å². The third-order valence-electron chi connectivity index (χ3n) is 4.63. The van der Waals surface area contributed by atoms with Gasteiger partial charge in [-0.2, -0.15) is 0 Å². The van der Waals surface area contributed by atoms with Gasteiger partial charge in [-0.3, -0.25) is 9.78 Å². The maximum Gasteiger partial charge on any atom is 0.255 e. The van der Waals surface area contributed by atoms with Crippen LogP contribution in [0.1, 0.15) is 23.0 Å². The maximum atomic E-state index is 13.1. The number of amides is 1. The van der Waals surface area contributed by atoms with Gasteiger partial charge in [0.05, 0.1) is 30.3 Å². The van der Waals surface area contributed by atoms with Gasteiger partial charge in [0.25, 0.3) is 5.91 Å². The fourth-order valence-electron chi connectivity index (χ4n) is 3.42. The third-order valence-corrected chi connectivity index (χ3v) is 4.63. The summed E-state index contributed by atoms with van der Waals surface area (Å²) in [5, 5.41) is 0.980. The highest BCUT2D eigenvalue weighted by Gasteiger charge is 2.26. The minimum atomic E-state index is -0.00369. The van der Waals surface area contributed by atoms with E-state index in [2.05, 4.69) is 15.6 Å². The van der Waals surface area contributed by atoms with E-state index in [1.165, 1.54) is 0 Å². The van der Waals surface area contributed by atoms with Crippen LogP contribution in [0.3, 0.4) is 0 Å². The molecular formula is C20H21N3O2. The molecule has 5 nitrogen and oxygen atoms in total. The molecule has 2 aromatic heterocycles. The molecule has 0 radical (unpaired) electrons. The first kappa shape index (κ1) is 15.8. The summed E-state index contributed by atoms with van der Waals surface area (Å²) < 4.78 is 8.02. The Morgan fingerprint density at radius 2 is 2.12 bits per heavy atom. The van der Waals surface area contributed by atoms with E-state index >= 15 is 0 Å². The molecule has 1 aliphatic heterocycles. The number of nitrogens with zero attached hydrogens (tertiary/aromatic N) is 3. The monoisotopic (exact) mass is 335 g/mol. The molecule has 0 unspecified atom stereocenters. The molecule has 1 atom stereocenters. The molecule has 128 valence electrons. The second-order valence-electron chi connectivity index (χ2n) is 6.33. The molecule has 4 rings (SSSR count). The van der Waals surface area contributed by atoms with Gasteiger partial charge in [-0.15, -0.1) is 0 Å². The number of hydrogen-bond acceptors (Lipinski definition) is 3. The van der Waals surface area contributed by atoms with Crippen LogP contribution in [0.25, 0.3) is 10.9 Å². The number of carbonyl (C=O) groups excluding carboxylic acids is 1. The summed E-state index contributed by atoms with van der Waals surface area (Å²) in [6.45, 7) is 4.57. The van der Waals surface area contributed by atoms with E-state index in [-0.39, 0.29) is 12.0 Å². The van der Waals surface area contributed by atoms with Crippen LogP contribution in [0.4, 0.5) is 0 Å². The highest BCUT2D eigenvalue weighted by atomic mass is 16.5. The molecule has 0 saturated heterocycles. The summed E-state index contributed by atoms with van der Waals surface area (Å²) >= 11 is 0. The lowest BCUT2D eigenvalue weighted by Gasteiger charge is -2.24. The van der Waals surface area contributed by atoms with Gasteiger partial charge >= 0.3 is 0 Å². The Balaban J connectivity index is 1.65. The summed E-state index contributed by atoms with van der Waals surface area (Å²) in [7, 11) is 0. The molecule has 3 heterocycles. The summed E-state index contributed by atoms with van der Waals surface area (Å²) in [4.78, 5) is 19.4. The van der Waals surface area contributed by atoms with Crippen LogP contribution in [0.15, 0.2) is 54.9 Å². The standard InChI is InChI=1S/C20H21N3O2/c1-2-25-18-13-22-9-5-7-17(22)12-23(14-18)20(24)16-10-15-6-3-4-8-19(15)21-11-16/h3-11,18H,2,12-14H2,1H3/t18-/m0/s1. The first-order valence-electron chi connectivity index (χ1n) is 8.64. The first-order chi connectivity index (χ1) is 12.2. The third kappa shape index (κ3) is 3.15. The molecule has 3 aromatic rings. The van der Waals surface area contributed by atoms with Crippen LogP contribution in [0.2, 0.25) is 0 Å². The molecule has 0 saturated carbocycles. The lowest BCUT2D eigenvalue weighted by atomic mass is 10.1. The van der Waals surface area contributed by atoms with E-state index in [1.807, 2.05) is 54.4 Å². The van der Waals surface area contributed by atoms with E-state index in [1.54, 1.807) is 6.20 Å². The number of pyridine rings is 1. The van der Waals surface area contributed by atoms with Crippen molar-refractivity contribution < 1.29 is 9.53 Å². The zero-order valence-electron chi connectivity index (χ0n) is 14.3. The molecule has 25 heavy (non-hydrogen) atoms. The topological polar surface area (TPSA) is 47.4 Å². The van der Waals surface area contributed by atoms with Crippen molar-refractivity contribution in [3.05, 3.63) is 66.1 Å². The lowest BCUT2D eigenvalue weighted by molar-refractivity contribution is 0.0258. The number of aromatic nitrogens is 2. The normalized spacial score (nSPS) is 17.3. The minimum absolute atomic E-state index is 0.00222. The Hall–Kier alpha value is -2.66. The second kappa shape index (κ2) is 6.69. The largest absolute Gasteiger partial charge is 0.375 e. The van der Waals surface area contributed by atoms with Crippen molar-refractivity contribution in [1.29, 1.82) is 0 Å². The molecule has 0 spiro atoms. The van der Waals surface area contributed by atoms with Gasteiger partial charge in [0, 0.05) is 36.6 Å². The van der Waals surface area contributed by atoms with Crippen molar-refractivity contribution >= 4 is 16.8 Å².